The Hall–Kier alpha value is -6.64. The van der Waals surface area contributed by atoms with Crippen molar-refractivity contribution in [2.75, 3.05) is 4.90 Å². The van der Waals surface area contributed by atoms with Gasteiger partial charge < -0.3 is 9.32 Å². The molecule has 1 heterocycles. The summed E-state index contributed by atoms with van der Waals surface area (Å²) in [6.07, 6.45) is 0. The summed E-state index contributed by atoms with van der Waals surface area (Å²) in [6, 6.07) is 67.6. The van der Waals surface area contributed by atoms with E-state index in [-0.39, 0.29) is 0 Å². The summed E-state index contributed by atoms with van der Waals surface area (Å²) in [4.78, 5) is 2.34. The number of anilines is 3. The zero-order chi connectivity index (χ0) is 33.0. The van der Waals surface area contributed by atoms with Gasteiger partial charge in [-0.25, -0.2) is 0 Å². The number of nitrogens with zero attached hydrogens (tertiary/aromatic N) is 1. The van der Waals surface area contributed by atoms with Gasteiger partial charge in [-0.3, -0.25) is 0 Å². The predicted molar refractivity (Wildman–Crippen MR) is 212 cm³/mol. The molecular weight excluding hydrogens is 607 g/mol. The third-order valence-corrected chi connectivity index (χ3v) is 9.97. The van der Waals surface area contributed by atoms with Crippen LogP contribution in [0.25, 0.3) is 76.5 Å². The van der Waals surface area contributed by atoms with E-state index >= 15 is 0 Å². The van der Waals surface area contributed by atoms with E-state index < -0.39 is 0 Å². The van der Waals surface area contributed by atoms with Crippen LogP contribution in [0.4, 0.5) is 17.1 Å². The second kappa shape index (κ2) is 11.5. The van der Waals surface area contributed by atoms with Crippen LogP contribution in [0, 0.1) is 0 Å². The van der Waals surface area contributed by atoms with E-state index in [1.54, 1.807) is 0 Å². The Morgan fingerprint density at radius 2 is 0.800 bits per heavy atom. The van der Waals surface area contributed by atoms with E-state index in [2.05, 4.69) is 193 Å². The van der Waals surface area contributed by atoms with Crippen molar-refractivity contribution in [3.63, 3.8) is 0 Å². The van der Waals surface area contributed by atoms with Gasteiger partial charge in [-0.05, 0) is 121 Å². The molecule has 10 rings (SSSR count). The third kappa shape index (κ3) is 4.81. The molecule has 0 bridgehead atoms. The minimum atomic E-state index is 0.891. The van der Waals surface area contributed by atoms with Crippen LogP contribution in [0.1, 0.15) is 0 Å². The van der Waals surface area contributed by atoms with Gasteiger partial charge in [0.15, 0.2) is 0 Å². The Kier molecular flexibility index (Phi) is 6.53. The van der Waals surface area contributed by atoms with Gasteiger partial charge in [-0.15, -0.1) is 0 Å². The normalized spacial score (nSPS) is 11.6. The molecule has 2 nitrogen and oxygen atoms in total. The lowest BCUT2D eigenvalue weighted by molar-refractivity contribution is 0.669. The van der Waals surface area contributed by atoms with Gasteiger partial charge in [0.1, 0.15) is 11.2 Å². The molecule has 0 aliphatic heterocycles. The Morgan fingerprint density at radius 3 is 1.54 bits per heavy atom. The first-order valence-corrected chi connectivity index (χ1v) is 17.1. The first-order valence-electron chi connectivity index (χ1n) is 17.1. The maximum Gasteiger partial charge on any atom is 0.136 e. The zero-order valence-electron chi connectivity index (χ0n) is 27.3. The van der Waals surface area contributed by atoms with Crippen molar-refractivity contribution in [2.24, 2.45) is 0 Å². The van der Waals surface area contributed by atoms with Crippen LogP contribution in [0.5, 0.6) is 0 Å². The molecule has 234 valence electrons. The molecule has 0 fully saturated rings. The molecule has 0 spiro atoms. The van der Waals surface area contributed by atoms with Gasteiger partial charge in [0, 0.05) is 27.8 Å². The third-order valence-electron chi connectivity index (χ3n) is 9.97. The van der Waals surface area contributed by atoms with Crippen LogP contribution < -0.4 is 4.90 Å². The monoisotopic (exact) mass is 637 g/mol. The van der Waals surface area contributed by atoms with E-state index in [1.165, 1.54) is 54.6 Å². The highest BCUT2D eigenvalue weighted by Gasteiger charge is 2.17. The quantitative estimate of drug-likeness (QED) is 0.187. The van der Waals surface area contributed by atoms with Crippen molar-refractivity contribution in [1.29, 1.82) is 0 Å². The van der Waals surface area contributed by atoms with Crippen molar-refractivity contribution < 1.29 is 4.42 Å². The molecule has 9 aromatic carbocycles. The number of rotatable bonds is 5. The van der Waals surface area contributed by atoms with Crippen LogP contribution in [0.3, 0.4) is 0 Å². The van der Waals surface area contributed by atoms with Gasteiger partial charge in [0.25, 0.3) is 0 Å². The van der Waals surface area contributed by atoms with E-state index in [0.29, 0.717) is 0 Å². The molecule has 0 radical (unpaired) electrons. The lowest BCUT2D eigenvalue weighted by Gasteiger charge is -2.26. The highest BCUT2D eigenvalue weighted by atomic mass is 16.3. The Balaban J connectivity index is 1.07. The van der Waals surface area contributed by atoms with Gasteiger partial charge >= 0.3 is 0 Å². The van der Waals surface area contributed by atoms with Crippen LogP contribution in [0.15, 0.2) is 192 Å². The number of hydrogen-bond acceptors (Lipinski definition) is 2. The number of benzene rings is 9. The molecule has 1 aromatic heterocycles. The van der Waals surface area contributed by atoms with Crippen LogP contribution >= 0.6 is 0 Å². The van der Waals surface area contributed by atoms with E-state index in [9.17, 15) is 0 Å². The van der Waals surface area contributed by atoms with E-state index in [1.807, 2.05) is 0 Å². The number of fused-ring (bicyclic) bond motifs is 6. The number of para-hydroxylation sites is 1. The second-order valence-electron chi connectivity index (χ2n) is 13.0. The van der Waals surface area contributed by atoms with Gasteiger partial charge in [0.05, 0.1) is 0 Å². The molecule has 0 aliphatic rings. The molecule has 0 aliphatic carbocycles. The maximum absolute atomic E-state index is 6.35. The highest BCUT2D eigenvalue weighted by molar-refractivity contribution is 6.11. The Labute approximate surface area is 290 Å². The molecular formula is C48H31NO. The molecule has 0 amide bonds. The highest BCUT2D eigenvalue weighted by Crippen LogP contribution is 2.41. The number of furan rings is 1. The van der Waals surface area contributed by atoms with Crippen molar-refractivity contribution in [2.45, 2.75) is 0 Å². The molecule has 2 heteroatoms. The van der Waals surface area contributed by atoms with E-state index in [0.717, 1.165) is 39.0 Å². The predicted octanol–water partition coefficient (Wildman–Crippen LogP) is 13.8. The van der Waals surface area contributed by atoms with Crippen molar-refractivity contribution in [3.05, 3.63) is 188 Å². The summed E-state index contributed by atoms with van der Waals surface area (Å²) in [6.45, 7) is 0. The first kappa shape index (κ1) is 28.4. The lowest BCUT2D eigenvalue weighted by Crippen LogP contribution is -2.09. The molecule has 0 saturated carbocycles. The Morgan fingerprint density at radius 1 is 0.300 bits per heavy atom. The SMILES string of the molecule is c1ccc(N(c2ccc3cc(-c4ccccc4-c4ccc5ccccc5c4)ccc3c2)c2ccc3oc4cc5ccccc5cc4c3c2)cc1. The summed E-state index contributed by atoms with van der Waals surface area (Å²) in [5, 5.41) is 9.54. The average molecular weight is 638 g/mol. The summed E-state index contributed by atoms with van der Waals surface area (Å²) in [5.74, 6) is 0. The van der Waals surface area contributed by atoms with Crippen molar-refractivity contribution in [3.8, 4) is 22.3 Å². The summed E-state index contributed by atoms with van der Waals surface area (Å²) in [7, 11) is 0. The Bertz CT molecular complexity index is 2880. The molecule has 0 saturated heterocycles. The van der Waals surface area contributed by atoms with E-state index in [4.69, 9.17) is 4.42 Å². The largest absolute Gasteiger partial charge is 0.456 e. The summed E-state index contributed by atoms with van der Waals surface area (Å²) >= 11 is 0. The number of hydrogen-bond donors (Lipinski definition) is 0. The van der Waals surface area contributed by atoms with Crippen LogP contribution in [-0.4, -0.2) is 0 Å². The molecule has 10 aromatic rings. The smallest absolute Gasteiger partial charge is 0.136 e. The standard InChI is InChI=1S/C48H31NO/c1-2-14-40(15-3-1)49(42-24-25-47-46(31-42)45-29-34-12-6-7-13-35(34)30-48(45)50-47)41-23-22-36-27-39(21-19-37(36)28-41)44-17-9-8-16-43(44)38-20-18-32-10-4-5-11-33(32)26-38/h1-31H. The average Bonchev–Trinajstić information content (AvgIpc) is 3.53. The van der Waals surface area contributed by atoms with Crippen molar-refractivity contribution in [1.82, 2.24) is 0 Å². The molecule has 0 atom stereocenters. The molecule has 0 N–H and O–H groups in total. The first-order chi connectivity index (χ1) is 24.7. The summed E-state index contributed by atoms with van der Waals surface area (Å²) < 4.78 is 6.35. The lowest BCUT2D eigenvalue weighted by atomic mass is 9.92. The van der Waals surface area contributed by atoms with Crippen LogP contribution in [-0.2, 0) is 0 Å². The zero-order valence-corrected chi connectivity index (χ0v) is 27.3. The van der Waals surface area contributed by atoms with Crippen LogP contribution in [0.2, 0.25) is 0 Å². The molecule has 50 heavy (non-hydrogen) atoms. The fraction of sp³-hybridized carbons (Fsp3) is 0. The maximum atomic E-state index is 6.35. The fourth-order valence-electron chi connectivity index (χ4n) is 7.50. The van der Waals surface area contributed by atoms with Gasteiger partial charge in [0.2, 0.25) is 0 Å². The van der Waals surface area contributed by atoms with Gasteiger partial charge in [-0.2, -0.15) is 0 Å². The minimum absolute atomic E-state index is 0.891. The van der Waals surface area contributed by atoms with Gasteiger partial charge in [-0.1, -0.05) is 121 Å². The topological polar surface area (TPSA) is 16.4 Å². The minimum Gasteiger partial charge on any atom is -0.456 e. The summed E-state index contributed by atoms with van der Waals surface area (Å²) in [5.41, 5.74) is 9.99. The second-order valence-corrected chi connectivity index (χ2v) is 13.0. The van der Waals surface area contributed by atoms with Crippen molar-refractivity contribution >= 4 is 71.3 Å². The molecule has 0 unspecified atom stereocenters. The fourth-order valence-corrected chi connectivity index (χ4v) is 7.50.